The lowest BCUT2D eigenvalue weighted by Gasteiger charge is -2.38. The largest absolute Gasteiger partial charge is 0.508 e. The highest BCUT2D eigenvalue weighted by Crippen LogP contribution is 2.20. The zero-order valence-electron chi connectivity index (χ0n) is 14.2. The highest BCUT2D eigenvalue weighted by molar-refractivity contribution is 5.94. The summed E-state index contributed by atoms with van der Waals surface area (Å²) in [4.78, 5) is 16.7. The number of amides is 1. The van der Waals surface area contributed by atoms with E-state index in [0.717, 1.165) is 31.9 Å². The predicted octanol–water partition coefficient (Wildman–Crippen LogP) is 2.68. The molecule has 1 aliphatic heterocycles. The van der Waals surface area contributed by atoms with Gasteiger partial charge in [0.15, 0.2) is 0 Å². The van der Waals surface area contributed by atoms with Crippen LogP contribution in [0.5, 0.6) is 5.75 Å². The van der Waals surface area contributed by atoms with E-state index in [2.05, 4.69) is 15.1 Å². The lowest BCUT2D eigenvalue weighted by Crippen LogP contribution is -2.52. The maximum atomic E-state index is 13.2. The number of hydrogen-bond donors (Lipinski definition) is 2. The first-order valence-electron chi connectivity index (χ1n) is 8.37. The molecule has 0 saturated carbocycles. The van der Waals surface area contributed by atoms with Gasteiger partial charge in [-0.05, 0) is 49.4 Å². The van der Waals surface area contributed by atoms with Crippen LogP contribution in [-0.4, -0.2) is 48.1 Å². The van der Waals surface area contributed by atoms with Crippen molar-refractivity contribution in [2.75, 3.05) is 36.4 Å². The number of rotatable bonds is 4. The molecule has 1 saturated heterocycles. The molecule has 0 aliphatic carbocycles. The van der Waals surface area contributed by atoms with Crippen molar-refractivity contribution < 1.29 is 14.3 Å². The van der Waals surface area contributed by atoms with Crippen molar-refractivity contribution in [3.8, 4) is 5.75 Å². The second-order valence-corrected chi connectivity index (χ2v) is 6.21. The van der Waals surface area contributed by atoms with Gasteiger partial charge in [0.1, 0.15) is 11.6 Å². The third-order valence-electron chi connectivity index (χ3n) is 4.55. The van der Waals surface area contributed by atoms with Crippen LogP contribution < -0.4 is 10.2 Å². The molecule has 132 valence electrons. The van der Waals surface area contributed by atoms with Gasteiger partial charge in [0.2, 0.25) is 5.91 Å². The lowest BCUT2D eigenvalue weighted by atomic mass is 10.2. The monoisotopic (exact) mass is 343 g/mol. The van der Waals surface area contributed by atoms with Gasteiger partial charge in [-0.2, -0.15) is 0 Å². The standard InChI is InChI=1S/C19H22FN3O2/c1-14(19(25)21-16-4-2-3-15(20)13-16)22-9-11-23(12-10-22)17-5-7-18(24)8-6-17/h2-8,13-14,24H,9-12H2,1H3,(H,21,25)/t14-/m1/s1. The summed E-state index contributed by atoms with van der Waals surface area (Å²) in [5.74, 6) is -0.248. The Kier molecular flexibility index (Phi) is 5.19. The van der Waals surface area contributed by atoms with E-state index in [4.69, 9.17) is 0 Å². The number of hydrogen-bond acceptors (Lipinski definition) is 4. The molecule has 2 aromatic carbocycles. The molecule has 0 radical (unpaired) electrons. The average Bonchev–Trinajstić information content (AvgIpc) is 2.62. The van der Waals surface area contributed by atoms with Gasteiger partial charge in [0.25, 0.3) is 0 Å². The Morgan fingerprint density at radius 2 is 1.80 bits per heavy atom. The third kappa shape index (κ3) is 4.28. The van der Waals surface area contributed by atoms with Crippen LogP contribution >= 0.6 is 0 Å². The number of nitrogens with zero attached hydrogens (tertiary/aromatic N) is 2. The van der Waals surface area contributed by atoms with E-state index in [-0.39, 0.29) is 23.5 Å². The summed E-state index contributed by atoms with van der Waals surface area (Å²) in [5, 5.41) is 12.1. The molecule has 25 heavy (non-hydrogen) atoms. The molecule has 5 nitrogen and oxygen atoms in total. The molecule has 1 amide bonds. The van der Waals surface area contributed by atoms with Gasteiger partial charge in [-0.1, -0.05) is 6.07 Å². The first kappa shape index (κ1) is 17.2. The van der Waals surface area contributed by atoms with Crippen LogP contribution in [0.2, 0.25) is 0 Å². The number of phenolic OH excluding ortho intramolecular Hbond substituents is 1. The maximum Gasteiger partial charge on any atom is 0.241 e. The number of phenols is 1. The first-order valence-corrected chi connectivity index (χ1v) is 8.37. The third-order valence-corrected chi connectivity index (χ3v) is 4.55. The number of aromatic hydroxyl groups is 1. The van der Waals surface area contributed by atoms with E-state index in [0.29, 0.717) is 5.69 Å². The molecule has 1 atom stereocenters. The van der Waals surface area contributed by atoms with Crippen molar-refractivity contribution in [2.45, 2.75) is 13.0 Å². The van der Waals surface area contributed by atoms with E-state index in [9.17, 15) is 14.3 Å². The van der Waals surface area contributed by atoms with Crippen molar-refractivity contribution in [1.82, 2.24) is 4.90 Å². The van der Waals surface area contributed by atoms with Gasteiger partial charge in [-0.15, -0.1) is 0 Å². The molecular formula is C19H22FN3O2. The predicted molar refractivity (Wildman–Crippen MR) is 96.4 cm³/mol. The fourth-order valence-electron chi connectivity index (χ4n) is 3.01. The van der Waals surface area contributed by atoms with Crippen molar-refractivity contribution in [3.05, 3.63) is 54.3 Å². The molecule has 2 aromatic rings. The topological polar surface area (TPSA) is 55.8 Å². The van der Waals surface area contributed by atoms with Gasteiger partial charge in [0.05, 0.1) is 6.04 Å². The number of halogens is 1. The molecule has 0 bridgehead atoms. The molecule has 0 spiro atoms. The van der Waals surface area contributed by atoms with Crippen LogP contribution in [0.25, 0.3) is 0 Å². The van der Waals surface area contributed by atoms with Gasteiger partial charge >= 0.3 is 0 Å². The van der Waals surface area contributed by atoms with Crippen LogP contribution in [0.1, 0.15) is 6.92 Å². The zero-order valence-corrected chi connectivity index (χ0v) is 14.2. The van der Waals surface area contributed by atoms with Crippen LogP contribution in [0, 0.1) is 5.82 Å². The van der Waals surface area contributed by atoms with Crippen molar-refractivity contribution in [1.29, 1.82) is 0 Å². The number of anilines is 2. The van der Waals surface area contributed by atoms with E-state index in [1.807, 2.05) is 19.1 Å². The normalized spacial score (nSPS) is 16.5. The molecular weight excluding hydrogens is 321 g/mol. The average molecular weight is 343 g/mol. The second kappa shape index (κ2) is 7.53. The Labute approximate surface area is 146 Å². The number of piperazine rings is 1. The molecule has 0 unspecified atom stereocenters. The highest BCUT2D eigenvalue weighted by atomic mass is 19.1. The van der Waals surface area contributed by atoms with Crippen LogP contribution in [0.15, 0.2) is 48.5 Å². The van der Waals surface area contributed by atoms with Gasteiger partial charge < -0.3 is 15.3 Å². The summed E-state index contributed by atoms with van der Waals surface area (Å²) < 4.78 is 13.2. The molecule has 1 fully saturated rings. The van der Waals surface area contributed by atoms with E-state index >= 15 is 0 Å². The molecule has 6 heteroatoms. The molecule has 0 aromatic heterocycles. The minimum Gasteiger partial charge on any atom is -0.508 e. The van der Waals surface area contributed by atoms with Gasteiger partial charge in [-0.3, -0.25) is 9.69 Å². The Morgan fingerprint density at radius 1 is 1.12 bits per heavy atom. The Balaban J connectivity index is 1.54. The summed E-state index contributed by atoms with van der Waals surface area (Å²) in [6, 6.07) is 12.8. The van der Waals surface area contributed by atoms with E-state index in [1.165, 1.54) is 12.1 Å². The van der Waals surface area contributed by atoms with Gasteiger partial charge in [0, 0.05) is 37.6 Å². The van der Waals surface area contributed by atoms with E-state index < -0.39 is 0 Å². The Bertz CT molecular complexity index is 728. The smallest absolute Gasteiger partial charge is 0.241 e. The zero-order chi connectivity index (χ0) is 17.8. The second-order valence-electron chi connectivity index (χ2n) is 6.21. The van der Waals surface area contributed by atoms with Gasteiger partial charge in [-0.25, -0.2) is 4.39 Å². The number of carbonyl (C=O) groups excluding carboxylic acids is 1. The number of benzene rings is 2. The van der Waals surface area contributed by atoms with Crippen LogP contribution in [-0.2, 0) is 4.79 Å². The van der Waals surface area contributed by atoms with Crippen LogP contribution in [0.4, 0.5) is 15.8 Å². The summed E-state index contributed by atoms with van der Waals surface area (Å²) in [6.45, 7) is 5.01. The Morgan fingerprint density at radius 3 is 2.44 bits per heavy atom. The fourth-order valence-corrected chi connectivity index (χ4v) is 3.01. The number of nitrogens with one attached hydrogen (secondary N) is 1. The van der Waals surface area contributed by atoms with Crippen LogP contribution in [0.3, 0.4) is 0 Å². The molecule has 3 rings (SSSR count). The van der Waals surface area contributed by atoms with Crippen molar-refractivity contribution in [2.24, 2.45) is 0 Å². The minimum absolute atomic E-state index is 0.135. The summed E-state index contributed by atoms with van der Waals surface area (Å²) >= 11 is 0. The summed E-state index contributed by atoms with van der Waals surface area (Å²) in [5.41, 5.74) is 1.54. The van der Waals surface area contributed by atoms with Crippen molar-refractivity contribution >= 4 is 17.3 Å². The number of carbonyl (C=O) groups is 1. The minimum atomic E-state index is -0.368. The Hall–Kier alpha value is -2.60. The van der Waals surface area contributed by atoms with Crippen molar-refractivity contribution in [3.63, 3.8) is 0 Å². The lowest BCUT2D eigenvalue weighted by molar-refractivity contribution is -0.120. The SMILES string of the molecule is C[C@H](C(=O)Nc1cccc(F)c1)N1CCN(c2ccc(O)cc2)CC1. The summed E-state index contributed by atoms with van der Waals surface area (Å²) in [7, 11) is 0. The molecule has 1 aliphatic rings. The highest BCUT2D eigenvalue weighted by Gasteiger charge is 2.25. The molecule has 2 N–H and O–H groups in total. The quantitative estimate of drug-likeness (QED) is 0.896. The van der Waals surface area contributed by atoms with E-state index in [1.54, 1.807) is 24.3 Å². The fraction of sp³-hybridized carbons (Fsp3) is 0.316. The first-order chi connectivity index (χ1) is 12.0. The maximum absolute atomic E-state index is 13.2. The molecule has 1 heterocycles. The summed E-state index contributed by atoms with van der Waals surface area (Å²) in [6.07, 6.45) is 0.